The van der Waals surface area contributed by atoms with Gasteiger partial charge in [-0.25, -0.2) is 4.98 Å². The van der Waals surface area contributed by atoms with Gasteiger partial charge in [-0.2, -0.15) is 13.2 Å². The van der Waals surface area contributed by atoms with E-state index in [2.05, 4.69) is 10.3 Å². The minimum Gasteiger partial charge on any atom is -0.487 e. The smallest absolute Gasteiger partial charge is 0.437 e. The van der Waals surface area contributed by atoms with E-state index in [9.17, 15) is 13.2 Å². The van der Waals surface area contributed by atoms with Crippen LogP contribution in [-0.2, 0) is 6.18 Å². The fraction of sp³-hybridized carbons (Fsp3) is 0.545. The maximum Gasteiger partial charge on any atom is 0.437 e. The first-order valence-electron chi connectivity index (χ1n) is 5.47. The minimum atomic E-state index is -4.47. The third kappa shape index (κ3) is 3.09. The second kappa shape index (κ2) is 4.91. The zero-order valence-corrected chi connectivity index (χ0v) is 9.13. The number of nitrogens with zero attached hydrogens (tertiary/aromatic N) is 1. The molecule has 94 valence electrons. The lowest BCUT2D eigenvalue weighted by Crippen LogP contribution is -2.37. The Kier molecular flexibility index (Phi) is 3.51. The Morgan fingerprint density at radius 3 is 2.88 bits per heavy atom. The average molecular weight is 246 g/mol. The SMILES string of the molecule is FC(F)(F)c1ncccc1OC1CCCNC1. The predicted octanol–water partition coefficient (Wildman–Crippen LogP) is 2.23. The lowest BCUT2D eigenvalue weighted by molar-refractivity contribution is -0.143. The van der Waals surface area contributed by atoms with Crippen molar-refractivity contribution < 1.29 is 17.9 Å². The average Bonchev–Trinajstić information content (AvgIpc) is 2.30. The number of nitrogens with one attached hydrogen (secondary N) is 1. The van der Waals surface area contributed by atoms with Crippen molar-refractivity contribution in [3.8, 4) is 5.75 Å². The van der Waals surface area contributed by atoms with Crippen molar-refractivity contribution in [3.63, 3.8) is 0 Å². The van der Waals surface area contributed by atoms with E-state index in [1.807, 2.05) is 0 Å². The molecule has 1 aliphatic heterocycles. The molecule has 0 amide bonds. The molecule has 1 saturated heterocycles. The molecule has 0 radical (unpaired) electrons. The van der Waals surface area contributed by atoms with Gasteiger partial charge in [0.25, 0.3) is 0 Å². The van der Waals surface area contributed by atoms with E-state index in [1.54, 1.807) is 0 Å². The van der Waals surface area contributed by atoms with Gasteiger partial charge in [-0.15, -0.1) is 0 Å². The van der Waals surface area contributed by atoms with E-state index in [1.165, 1.54) is 12.1 Å². The molecule has 2 heterocycles. The quantitative estimate of drug-likeness (QED) is 0.868. The zero-order valence-electron chi connectivity index (χ0n) is 9.13. The summed E-state index contributed by atoms with van der Waals surface area (Å²) in [5, 5.41) is 3.09. The Morgan fingerprint density at radius 1 is 1.41 bits per heavy atom. The number of piperidine rings is 1. The van der Waals surface area contributed by atoms with E-state index in [0.717, 1.165) is 25.6 Å². The van der Waals surface area contributed by atoms with Crippen molar-refractivity contribution in [2.45, 2.75) is 25.1 Å². The first kappa shape index (κ1) is 12.2. The van der Waals surface area contributed by atoms with Gasteiger partial charge in [0.2, 0.25) is 0 Å². The summed E-state index contributed by atoms with van der Waals surface area (Å²) >= 11 is 0. The molecule has 1 atom stereocenters. The Bertz CT molecular complexity index is 375. The number of ether oxygens (including phenoxy) is 1. The maximum atomic E-state index is 12.6. The monoisotopic (exact) mass is 246 g/mol. The highest BCUT2D eigenvalue weighted by Gasteiger charge is 2.36. The molecule has 1 fully saturated rings. The summed E-state index contributed by atoms with van der Waals surface area (Å²) in [6.45, 7) is 1.46. The Hall–Kier alpha value is -1.30. The number of pyridine rings is 1. The van der Waals surface area contributed by atoms with Crippen LogP contribution in [0.25, 0.3) is 0 Å². The van der Waals surface area contributed by atoms with Crippen LogP contribution >= 0.6 is 0 Å². The van der Waals surface area contributed by atoms with Gasteiger partial charge in [0.05, 0.1) is 0 Å². The minimum absolute atomic E-state index is 0.186. The summed E-state index contributed by atoms with van der Waals surface area (Å²) in [5.74, 6) is -0.186. The largest absolute Gasteiger partial charge is 0.487 e. The summed E-state index contributed by atoms with van der Waals surface area (Å²) in [7, 11) is 0. The van der Waals surface area contributed by atoms with Crippen LogP contribution in [0.5, 0.6) is 5.75 Å². The molecular weight excluding hydrogens is 233 g/mol. The molecule has 2 rings (SSSR count). The lowest BCUT2D eigenvalue weighted by atomic mass is 10.1. The first-order chi connectivity index (χ1) is 8.07. The summed E-state index contributed by atoms with van der Waals surface area (Å²) in [6, 6.07) is 2.76. The number of alkyl halides is 3. The van der Waals surface area contributed by atoms with Gasteiger partial charge in [0, 0.05) is 12.7 Å². The van der Waals surface area contributed by atoms with Crippen LogP contribution in [0.2, 0.25) is 0 Å². The van der Waals surface area contributed by atoms with Gasteiger partial charge < -0.3 is 10.1 Å². The molecule has 1 unspecified atom stereocenters. The van der Waals surface area contributed by atoms with Crippen LogP contribution in [-0.4, -0.2) is 24.2 Å². The van der Waals surface area contributed by atoms with Crippen molar-refractivity contribution in [1.82, 2.24) is 10.3 Å². The second-order valence-corrected chi connectivity index (χ2v) is 3.93. The van der Waals surface area contributed by atoms with Crippen LogP contribution in [0.1, 0.15) is 18.5 Å². The third-order valence-corrected chi connectivity index (χ3v) is 2.58. The Balaban J connectivity index is 2.14. The van der Waals surface area contributed by atoms with E-state index >= 15 is 0 Å². The van der Waals surface area contributed by atoms with Gasteiger partial charge in [-0.3, -0.25) is 0 Å². The van der Waals surface area contributed by atoms with Crippen molar-refractivity contribution in [2.24, 2.45) is 0 Å². The van der Waals surface area contributed by atoms with Crippen LogP contribution in [0, 0.1) is 0 Å². The van der Waals surface area contributed by atoms with Crippen LogP contribution in [0.3, 0.4) is 0 Å². The van der Waals surface area contributed by atoms with Crippen molar-refractivity contribution in [2.75, 3.05) is 13.1 Å². The molecule has 0 saturated carbocycles. The molecule has 0 aliphatic carbocycles. The Labute approximate surface area is 97.0 Å². The standard InChI is InChI=1S/C11H13F3N2O/c12-11(13,14)10-9(4-2-6-16-10)17-8-3-1-5-15-7-8/h2,4,6,8,15H,1,3,5,7H2. The lowest BCUT2D eigenvalue weighted by Gasteiger charge is -2.25. The molecule has 1 N–H and O–H groups in total. The molecule has 0 bridgehead atoms. The molecule has 17 heavy (non-hydrogen) atoms. The summed E-state index contributed by atoms with van der Waals surface area (Å²) in [6.07, 6.45) is -1.90. The van der Waals surface area contributed by atoms with E-state index in [-0.39, 0.29) is 11.9 Å². The highest BCUT2D eigenvalue weighted by molar-refractivity contribution is 5.29. The van der Waals surface area contributed by atoms with Crippen LogP contribution < -0.4 is 10.1 Å². The molecular formula is C11H13F3N2O. The molecule has 0 aromatic carbocycles. The Morgan fingerprint density at radius 2 is 2.24 bits per heavy atom. The topological polar surface area (TPSA) is 34.1 Å². The summed E-state index contributed by atoms with van der Waals surface area (Å²) in [5.41, 5.74) is -0.953. The summed E-state index contributed by atoms with van der Waals surface area (Å²) < 4.78 is 43.3. The normalized spacial score (nSPS) is 21.2. The fourth-order valence-electron chi connectivity index (χ4n) is 1.80. The van der Waals surface area contributed by atoms with E-state index in [0.29, 0.717) is 6.54 Å². The predicted molar refractivity (Wildman–Crippen MR) is 55.8 cm³/mol. The van der Waals surface area contributed by atoms with Crippen molar-refractivity contribution in [3.05, 3.63) is 24.0 Å². The second-order valence-electron chi connectivity index (χ2n) is 3.93. The number of hydrogen-bond donors (Lipinski definition) is 1. The first-order valence-corrected chi connectivity index (χ1v) is 5.47. The third-order valence-electron chi connectivity index (χ3n) is 2.58. The van der Waals surface area contributed by atoms with Gasteiger partial charge in [0.1, 0.15) is 6.10 Å². The number of hydrogen-bond acceptors (Lipinski definition) is 3. The zero-order chi connectivity index (χ0) is 12.3. The van der Waals surface area contributed by atoms with Crippen LogP contribution in [0.15, 0.2) is 18.3 Å². The van der Waals surface area contributed by atoms with Gasteiger partial charge in [-0.05, 0) is 31.5 Å². The highest BCUT2D eigenvalue weighted by atomic mass is 19.4. The molecule has 1 aliphatic rings. The molecule has 0 spiro atoms. The van der Waals surface area contributed by atoms with Crippen LogP contribution in [0.4, 0.5) is 13.2 Å². The highest BCUT2D eigenvalue weighted by Crippen LogP contribution is 2.34. The van der Waals surface area contributed by atoms with Gasteiger partial charge in [-0.1, -0.05) is 0 Å². The van der Waals surface area contributed by atoms with Crippen molar-refractivity contribution in [1.29, 1.82) is 0 Å². The molecule has 6 heteroatoms. The number of aromatic nitrogens is 1. The van der Waals surface area contributed by atoms with Gasteiger partial charge in [0.15, 0.2) is 11.4 Å². The molecule has 3 nitrogen and oxygen atoms in total. The van der Waals surface area contributed by atoms with Gasteiger partial charge >= 0.3 is 6.18 Å². The fourth-order valence-corrected chi connectivity index (χ4v) is 1.80. The van der Waals surface area contributed by atoms with E-state index < -0.39 is 11.9 Å². The number of rotatable bonds is 2. The molecule has 1 aromatic heterocycles. The van der Waals surface area contributed by atoms with E-state index in [4.69, 9.17) is 4.74 Å². The molecule has 1 aromatic rings. The number of halogens is 3. The maximum absolute atomic E-state index is 12.6. The summed E-state index contributed by atoms with van der Waals surface area (Å²) in [4.78, 5) is 3.35. The van der Waals surface area contributed by atoms with Crippen molar-refractivity contribution >= 4 is 0 Å².